The first-order valence-corrected chi connectivity index (χ1v) is 7.97. The number of nitrogens with two attached hydrogens (primary N) is 1. The standard InChI is InChI=1S/C15H12Cl3N5O/c1-7-8(2)22-23(9-3-4-10(16)11(17)5-9)15(7)24-14-12(19)13(18)20-6-21-14/h3-6H,19H2,1-2H3. The number of aryl methyl sites for hydroxylation is 1. The van der Waals surface area contributed by atoms with E-state index in [0.29, 0.717) is 21.6 Å². The first-order valence-electron chi connectivity index (χ1n) is 6.84. The van der Waals surface area contributed by atoms with Gasteiger partial charge in [0, 0.05) is 5.56 Å². The molecule has 3 rings (SSSR count). The molecule has 9 heteroatoms. The Bertz CT molecular complexity index is 926. The van der Waals surface area contributed by atoms with Crippen LogP contribution in [0.2, 0.25) is 15.2 Å². The van der Waals surface area contributed by atoms with E-state index in [1.807, 2.05) is 13.8 Å². The second-order valence-electron chi connectivity index (χ2n) is 5.01. The topological polar surface area (TPSA) is 78.8 Å². The smallest absolute Gasteiger partial charge is 0.249 e. The molecule has 0 atom stereocenters. The van der Waals surface area contributed by atoms with E-state index in [9.17, 15) is 0 Å². The van der Waals surface area contributed by atoms with Crippen molar-refractivity contribution in [3.8, 4) is 17.4 Å². The summed E-state index contributed by atoms with van der Waals surface area (Å²) in [7, 11) is 0. The Morgan fingerprint density at radius 1 is 1.08 bits per heavy atom. The molecule has 0 radical (unpaired) electrons. The van der Waals surface area contributed by atoms with E-state index in [1.54, 1.807) is 22.9 Å². The summed E-state index contributed by atoms with van der Waals surface area (Å²) in [5.41, 5.74) is 8.33. The van der Waals surface area contributed by atoms with Crippen molar-refractivity contribution >= 4 is 40.5 Å². The van der Waals surface area contributed by atoms with E-state index >= 15 is 0 Å². The van der Waals surface area contributed by atoms with Gasteiger partial charge >= 0.3 is 0 Å². The SMILES string of the molecule is Cc1nn(-c2ccc(Cl)c(Cl)c2)c(Oc2ncnc(Cl)c2N)c1C. The summed E-state index contributed by atoms with van der Waals surface area (Å²) in [6, 6.07) is 5.16. The van der Waals surface area contributed by atoms with Crippen LogP contribution >= 0.6 is 34.8 Å². The molecule has 0 saturated carbocycles. The fourth-order valence-electron chi connectivity index (χ4n) is 2.03. The van der Waals surface area contributed by atoms with Gasteiger partial charge in [-0.1, -0.05) is 34.8 Å². The van der Waals surface area contributed by atoms with Crippen LogP contribution in [0.3, 0.4) is 0 Å². The molecule has 2 N–H and O–H groups in total. The van der Waals surface area contributed by atoms with Crippen molar-refractivity contribution in [2.75, 3.05) is 5.73 Å². The van der Waals surface area contributed by atoms with Crippen LogP contribution in [0, 0.1) is 13.8 Å². The largest absolute Gasteiger partial charge is 0.418 e. The molecule has 0 fully saturated rings. The number of halogens is 3. The number of rotatable bonds is 3. The molecule has 1 aromatic carbocycles. The minimum Gasteiger partial charge on any atom is -0.418 e. The van der Waals surface area contributed by atoms with Crippen molar-refractivity contribution in [1.29, 1.82) is 0 Å². The molecule has 2 aromatic heterocycles. The van der Waals surface area contributed by atoms with Crippen molar-refractivity contribution in [3.05, 3.63) is 51.0 Å². The molecule has 3 aromatic rings. The van der Waals surface area contributed by atoms with E-state index in [-0.39, 0.29) is 16.7 Å². The number of nitrogens with zero attached hydrogens (tertiary/aromatic N) is 4. The Morgan fingerprint density at radius 2 is 1.83 bits per heavy atom. The number of hydrogen-bond donors (Lipinski definition) is 1. The van der Waals surface area contributed by atoms with Gasteiger partial charge in [-0.2, -0.15) is 10.1 Å². The fraction of sp³-hybridized carbons (Fsp3) is 0.133. The van der Waals surface area contributed by atoms with Crippen LogP contribution in [0.4, 0.5) is 5.69 Å². The summed E-state index contributed by atoms with van der Waals surface area (Å²) < 4.78 is 7.46. The van der Waals surface area contributed by atoms with Crippen LogP contribution in [-0.4, -0.2) is 19.7 Å². The van der Waals surface area contributed by atoms with Gasteiger partial charge in [-0.3, -0.25) is 0 Å². The van der Waals surface area contributed by atoms with E-state index < -0.39 is 0 Å². The van der Waals surface area contributed by atoms with E-state index in [4.69, 9.17) is 45.3 Å². The van der Waals surface area contributed by atoms with Crippen LogP contribution in [0.25, 0.3) is 5.69 Å². The van der Waals surface area contributed by atoms with E-state index in [1.165, 1.54) is 6.33 Å². The van der Waals surface area contributed by atoms with Gasteiger partial charge in [0.15, 0.2) is 5.15 Å². The van der Waals surface area contributed by atoms with Crippen molar-refractivity contribution in [1.82, 2.24) is 19.7 Å². The number of benzene rings is 1. The monoisotopic (exact) mass is 383 g/mol. The van der Waals surface area contributed by atoms with Gasteiger partial charge in [-0.05, 0) is 32.0 Å². The molecule has 0 amide bonds. The van der Waals surface area contributed by atoms with Gasteiger partial charge in [-0.25, -0.2) is 9.67 Å². The molecule has 124 valence electrons. The second kappa shape index (κ2) is 6.47. The highest BCUT2D eigenvalue weighted by molar-refractivity contribution is 6.42. The summed E-state index contributed by atoms with van der Waals surface area (Å²) >= 11 is 18.0. The summed E-state index contributed by atoms with van der Waals surface area (Å²) in [5.74, 6) is 0.603. The van der Waals surface area contributed by atoms with Crippen molar-refractivity contribution < 1.29 is 4.74 Å². The lowest BCUT2D eigenvalue weighted by Crippen LogP contribution is -2.03. The summed E-state index contributed by atoms with van der Waals surface area (Å²) in [5, 5.41) is 5.46. The average Bonchev–Trinajstić information content (AvgIpc) is 2.83. The zero-order chi connectivity index (χ0) is 17.4. The Balaban J connectivity index is 2.11. The van der Waals surface area contributed by atoms with Crippen LogP contribution < -0.4 is 10.5 Å². The maximum absolute atomic E-state index is 6.10. The Labute approximate surface area is 153 Å². The van der Waals surface area contributed by atoms with Gasteiger partial charge in [0.2, 0.25) is 11.8 Å². The maximum atomic E-state index is 6.10. The number of ether oxygens (including phenoxy) is 1. The minimum absolute atomic E-state index is 0.120. The van der Waals surface area contributed by atoms with Crippen molar-refractivity contribution in [2.24, 2.45) is 0 Å². The third-order valence-electron chi connectivity index (χ3n) is 3.45. The third kappa shape index (κ3) is 3.00. The number of hydrogen-bond acceptors (Lipinski definition) is 5. The normalized spacial score (nSPS) is 10.9. The summed E-state index contributed by atoms with van der Waals surface area (Å²) in [6.07, 6.45) is 1.27. The molecular formula is C15H12Cl3N5O. The quantitative estimate of drug-likeness (QED) is 0.667. The molecule has 0 aliphatic heterocycles. The van der Waals surface area contributed by atoms with Crippen LogP contribution in [0.15, 0.2) is 24.5 Å². The first-order chi connectivity index (χ1) is 11.4. The highest BCUT2D eigenvalue weighted by atomic mass is 35.5. The predicted octanol–water partition coefficient (Wildman–Crippen LogP) is 4.61. The minimum atomic E-state index is 0.120. The fourth-order valence-corrected chi connectivity index (χ4v) is 2.44. The molecule has 0 aliphatic rings. The number of nitrogen functional groups attached to an aromatic ring is 1. The summed E-state index contributed by atoms with van der Waals surface area (Å²) in [4.78, 5) is 7.83. The third-order valence-corrected chi connectivity index (χ3v) is 4.49. The molecule has 0 saturated heterocycles. The highest BCUT2D eigenvalue weighted by Crippen LogP contribution is 2.34. The molecule has 24 heavy (non-hydrogen) atoms. The van der Waals surface area contributed by atoms with Crippen molar-refractivity contribution in [2.45, 2.75) is 13.8 Å². The maximum Gasteiger partial charge on any atom is 0.249 e. The van der Waals surface area contributed by atoms with Gasteiger partial charge < -0.3 is 10.5 Å². The zero-order valence-corrected chi connectivity index (χ0v) is 15.0. The Kier molecular flexibility index (Phi) is 4.54. The Morgan fingerprint density at radius 3 is 2.54 bits per heavy atom. The number of anilines is 1. The molecule has 0 aliphatic carbocycles. The molecule has 0 bridgehead atoms. The lowest BCUT2D eigenvalue weighted by atomic mass is 10.3. The lowest BCUT2D eigenvalue weighted by Gasteiger charge is -2.11. The van der Waals surface area contributed by atoms with Gasteiger partial charge in [0.1, 0.15) is 12.0 Å². The Hall–Kier alpha value is -2.02. The predicted molar refractivity (Wildman–Crippen MR) is 94.6 cm³/mol. The lowest BCUT2D eigenvalue weighted by molar-refractivity contribution is 0.426. The highest BCUT2D eigenvalue weighted by Gasteiger charge is 2.18. The average molecular weight is 385 g/mol. The first kappa shape index (κ1) is 16.8. The number of aromatic nitrogens is 4. The zero-order valence-electron chi connectivity index (χ0n) is 12.7. The van der Waals surface area contributed by atoms with Crippen LogP contribution in [-0.2, 0) is 0 Å². The van der Waals surface area contributed by atoms with Gasteiger partial charge in [0.05, 0.1) is 21.4 Å². The van der Waals surface area contributed by atoms with E-state index in [0.717, 1.165) is 11.3 Å². The van der Waals surface area contributed by atoms with Crippen LogP contribution in [0.1, 0.15) is 11.3 Å². The molecular weight excluding hydrogens is 373 g/mol. The second-order valence-corrected chi connectivity index (χ2v) is 6.18. The van der Waals surface area contributed by atoms with Crippen molar-refractivity contribution in [3.63, 3.8) is 0 Å². The van der Waals surface area contributed by atoms with Crippen LogP contribution in [0.5, 0.6) is 11.8 Å². The molecule has 0 unspecified atom stereocenters. The molecule has 0 spiro atoms. The van der Waals surface area contributed by atoms with Gasteiger partial charge in [-0.15, -0.1) is 0 Å². The summed E-state index contributed by atoms with van der Waals surface area (Å²) in [6.45, 7) is 3.75. The molecule has 6 nitrogen and oxygen atoms in total. The van der Waals surface area contributed by atoms with Gasteiger partial charge in [0.25, 0.3) is 0 Å². The van der Waals surface area contributed by atoms with E-state index in [2.05, 4.69) is 15.1 Å². The molecule has 2 heterocycles.